The molecule has 0 saturated heterocycles. The van der Waals surface area contributed by atoms with Gasteiger partial charge in [-0.15, -0.1) is 5.11 Å². The largest absolute Gasteiger partial charge is 0.497 e. The lowest BCUT2D eigenvalue weighted by molar-refractivity contribution is 0.201. The molecule has 0 aliphatic rings. The van der Waals surface area contributed by atoms with E-state index in [2.05, 4.69) is 10.2 Å². The molecule has 0 heterocycles. The maximum Gasteiger partial charge on any atom is 0.203 e. The Morgan fingerprint density at radius 3 is 2.04 bits per heavy atom. The highest BCUT2D eigenvalue weighted by atomic mass is 16.5. The zero-order chi connectivity index (χ0) is 18.9. The quantitative estimate of drug-likeness (QED) is 0.687. The lowest BCUT2D eigenvalue weighted by Gasteiger charge is -2.12. The summed E-state index contributed by atoms with van der Waals surface area (Å²) in [6.07, 6.45) is 0. The lowest BCUT2D eigenvalue weighted by Crippen LogP contribution is -2.01. The van der Waals surface area contributed by atoms with Gasteiger partial charge in [-0.3, -0.25) is 0 Å². The first-order chi connectivity index (χ1) is 12.7. The monoisotopic (exact) mass is 362 g/mol. The SMILES string of the molecule is COc1ccc(/N=N/c2cc(OC)c(OC)c(OC)c2)c(OCCO)c1. The molecule has 8 nitrogen and oxygen atoms in total. The normalized spacial score (nSPS) is 10.7. The van der Waals surface area contributed by atoms with Crippen molar-refractivity contribution in [2.45, 2.75) is 0 Å². The molecule has 8 heteroatoms. The highest BCUT2D eigenvalue weighted by molar-refractivity contribution is 5.61. The molecule has 0 aliphatic heterocycles. The molecule has 2 rings (SSSR count). The van der Waals surface area contributed by atoms with Gasteiger partial charge in [0, 0.05) is 18.2 Å². The smallest absolute Gasteiger partial charge is 0.203 e. The van der Waals surface area contributed by atoms with Gasteiger partial charge in [0.15, 0.2) is 17.2 Å². The fourth-order valence-corrected chi connectivity index (χ4v) is 2.21. The third-order valence-corrected chi connectivity index (χ3v) is 3.44. The summed E-state index contributed by atoms with van der Waals surface area (Å²) in [5.41, 5.74) is 1.01. The van der Waals surface area contributed by atoms with Crippen molar-refractivity contribution in [2.24, 2.45) is 10.2 Å². The van der Waals surface area contributed by atoms with Crippen LogP contribution in [0, 0.1) is 0 Å². The summed E-state index contributed by atoms with van der Waals surface area (Å²) in [6.45, 7) is 0.0283. The van der Waals surface area contributed by atoms with Crippen LogP contribution in [0.5, 0.6) is 28.7 Å². The minimum Gasteiger partial charge on any atom is -0.497 e. The van der Waals surface area contributed by atoms with Gasteiger partial charge in [-0.25, -0.2) is 0 Å². The third-order valence-electron chi connectivity index (χ3n) is 3.44. The molecule has 2 aromatic rings. The van der Waals surface area contributed by atoms with E-state index in [4.69, 9.17) is 28.8 Å². The molecule has 0 spiro atoms. The van der Waals surface area contributed by atoms with Crippen molar-refractivity contribution >= 4 is 11.4 Å². The summed E-state index contributed by atoms with van der Waals surface area (Å²) in [5, 5.41) is 17.4. The van der Waals surface area contributed by atoms with Gasteiger partial charge in [-0.1, -0.05) is 0 Å². The number of rotatable bonds is 9. The standard InChI is InChI=1S/C18H22N2O6/c1-22-13-5-6-14(15(11-13)26-8-7-21)20-19-12-9-16(23-2)18(25-4)17(10-12)24-3/h5-6,9-11,21H,7-8H2,1-4H3/b20-19+. The molecule has 2 aromatic carbocycles. The first-order valence-electron chi connectivity index (χ1n) is 7.80. The van der Waals surface area contributed by atoms with E-state index >= 15 is 0 Å². The Morgan fingerprint density at radius 2 is 1.50 bits per heavy atom. The van der Waals surface area contributed by atoms with Crippen LogP contribution in [0.1, 0.15) is 0 Å². The molecule has 140 valence electrons. The Labute approximate surface area is 151 Å². The Hall–Kier alpha value is -3.00. The summed E-state index contributed by atoms with van der Waals surface area (Å²) < 4.78 is 26.6. The van der Waals surface area contributed by atoms with Gasteiger partial charge >= 0.3 is 0 Å². The van der Waals surface area contributed by atoms with Gasteiger partial charge in [-0.05, 0) is 12.1 Å². The minimum absolute atomic E-state index is 0.110. The van der Waals surface area contributed by atoms with E-state index < -0.39 is 0 Å². The first kappa shape index (κ1) is 19.3. The van der Waals surface area contributed by atoms with E-state index in [1.54, 1.807) is 37.4 Å². The van der Waals surface area contributed by atoms with E-state index in [1.807, 2.05) is 0 Å². The molecule has 0 saturated carbocycles. The predicted octanol–water partition coefficient (Wildman–Crippen LogP) is 3.51. The molecular weight excluding hydrogens is 340 g/mol. The summed E-state index contributed by atoms with van der Waals surface area (Å²) in [4.78, 5) is 0. The van der Waals surface area contributed by atoms with E-state index in [-0.39, 0.29) is 13.2 Å². The molecule has 0 bridgehead atoms. The van der Waals surface area contributed by atoms with Crippen molar-refractivity contribution in [1.29, 1.82) is 0 Å². The molecular formula is C18H22N2O6. The van der Waals surface area contributed by atoms with E-state index in [0.29, 0.717) is 40.1 Å². The number of nitrogens with zero attached hydrogens (tertiary/aromatic N) is 2. The molecule has 1 N–H and O–H groups in total. The van der Waals surface area contributed by atoms with Crippen molar-refractivity contribution in [3.05, 3.63) is 30.3 Å². The summed E-state index contributed by atoms with van der Waals surface area (Å²) >= 11 is 0. The Balaban J connectivity index is 2.37. The van der Waals surface area contributed by atoms with Crippen LogP contribution in [-0.4, -0.2) is 46.8 Å². The number of aliphatic hydroxyl groups is 1. The number of ether oxygens (including phenoxy) is 5. The van der Waals surface area contributed by atoms with Gasteiger partial charge in [0.1, 0.15) is 18.0 Å². The molecule has 0 radical (unpaired) electrons. The van der Waals surface area contributed by atoms with Crippen LogP contribution >= 0.6 is 0 Å². The maximum absolute atomic E-state index is 8.97. The zero-order valence-corrected chi connectivity index (χ0v) is 15.2. The van der Waals surface area contributed by atoms with Crippen LogP contribution in [0.25, 0.3) is 0 Å². The second-order valence-electron chi connectivity index (χ2n) is 4.99. The van der Waals surface area contributed by atoms with Crippen LogP contribution in [0.4, 0.5) is 11.4 Å². The molecule has 0 fully saturated rings. The maximum atomic E-state index is 8.97. The van der Waals surface area contributed by atoms with E-state index in [1.165, 1.54) is 21.3 Å². The number of hydrogen-bond acceptors (Lipinski definition) is 8. The Morgan fingerprint density at radius 1 is 0.808 bits per heavy atom. The van der Waals surface area contributed by atoms with Crippen LogP contribution in [0.15, 0.2) is 40.6 Å². The average molecular weight is 362 g/mol. The Kier molecular flexibility index (Phi) is 7.04. The number of azo groups is 1. The first-order valence-corrected chi connectivity index (χ1v) is 7.80. The average Bonchev–Trinajstić information content (AvgIpc) is 2.69. The van der Waals surface area contributed by atoms with Crippen LogP contribution in [0.2, 0.25) is 0 Å². The third kappa shape index (κ3) is 4.54. The summed E-state index contributed by atoms with van der Waals surface area (Å²) in [7, 11) is 6.15. The van der Waals surface area contributed by atoms with Crippen LogP contribution in [-0.2, 0) is 0 Å². The van der Waals surface area contributed by atoms with Crippen LogP contribution < -0.4 is 23.7 Å². The van der Waals surface area contributed by atoms with Gasteiger partial charge < -0.3 is 28.8 Å². The Bertz CT molecular complexity index is 738. The second-order valence-corrected chi connectivity index (χ2v) is 4.99. The second kappa shape index (κ2) is 9.47. The number of benzene rings is 2. The van der Waals surface area contributed by atoms with Gasteiger partial charge in [0.2, 0.25) is 5.75 Å². The van der Waals surface area contributed by atoms with Gasteiger partial charge in [0.05, 0.1) is 40.7 Å². The van der Waals surface area contributed by atoms with E-state index in [9.17, 15) is 0 Å². The fraction of sp³-hybridized carbons (Fsp3) is 0.333. The highest BCUT2D eigenvalue weighted by Crippen LogP contribution is 2.41. The van der Waals surface area contributed by atoms with Gasteiger partial charge in [-0.2, -0.15) is 5.11 Å². The number of methoxy groups -OCH3 is 4. The summed E-state index contributed by atoms with van der Waals surface area (Å²) in [5.74, 6) is 2.50. The van der Waals surface area contributed by atoms with Gasteiger partial charge in [0.25, 0.3) is 0 Å². The van der Waals surface area contributed by atoms with Crippen molar-refractivity contribution in [3.63, 3.8) is 0 Å². The summed E-state index contributed by atoms with van der Waals surface area (Å²) in [6, 6.07) is 8.51. The predicted molar refractivity (Wildman–Crippen MR) is 95.8 cm³/mol. The van der Waals surface area contributed by atoms with Crippen molar-refractivity contribution < 1.29 is 28.8 Å². The number of aliphatic hydroxyl groups excluding tert-OH is 1. The molecule has 0 aliphatic carbocycles. The van der Waals surface area contributed by atoms with Crippen molar-refractivity contribution in [1.82, 2.24) is 0 Å². The highest BCUT2D eigenvalue weighted by Gasteiger charge is 2.13. The lowest BCUT2D eigenvalue weighted by atomic mass is 10.2. The van der Waals surface area contributed by atoms with E-state index in [0.717, 1.165) is 0 Å². The minimum atomic E-state index is -0.110. The molecule has 26 heavy (non-hydrogen) atoms. The molecule has 0 atom stereocenters. The molecule has 0 unspecified atom stereocenters. The fourth-order valence-electron chi connectivity index (χ4n) is 2.21. The van der Waals surface area contributed by atoms with Crippen LogP contribution in [0.3, 0.4) is 0 Å². The molecule has 0 aromatic heterocycles. The van der Waals surface area contributed by atoms with Crippen molar-refractivity contribution in [2.75, 3.05) is 41.7 Å². The number of hydrogen-bond donors (Lipinski definition) is 1. The topological polar surface area (TPSA) is 91.1 Å². The molecule has 0 amide bonds. The zero-order valence-electron chi connectivity index (χ0n) is 15.2. The van der Waals surface area contributed by atoms with Crippen molar-refractivity contribution in [3.8, 4) is 28.7 Å².